The molecular formula is C49H32N2. The molecule has 2 heterocycles. The highest BCUT2D eigenvalue weighted by molar-refractivity contribution is 6.21. The number of aromatic nitrogens is 2. The zero-order valence-electron chi connectivity index (χ0n) is 27.9. The fourth-order valence-electron chi connectivity index (χ4n) is 7.81. The van der Waals surface area contributed by atoms with Gasteiger partial charge in [0.15, 0.2) is 0 Å². The number of benzene rings is 8. The van der Waals surface area contributed by atoms with E-state index < -0.39 is 0 Å². The minimum Gasteiger partial charge on any atom is -0.299 e. The molecule has 10 rings (SSSR count). The SMILES string of the molecule is c1ccc(-c2c(-c3ccc(-c4c5ccccc5c(-c5ccc(-c6ccc7ccccc7c6)cc5)c5ccccc45)cc3)nc3ccccn23)cc1. The molecule has 2 nitrogen and oxygen atoms in total. The Hall–Kier alpha value is -6.77. The van der Waals surface area contributed by atoms with Crippen LogP contribution < -0.4 is 0 Å². The van der Waals surface area contributed by atoms with Crippen LogP contribution in [-0.2, 0) is 0 Å². The lowest BCUT2D eigenvalue weighted by Crippen LogP contribution is -1.91. The van der Waals surface area contributed by atoms with E-state index in [0.717, 1.165) is 28.2 Å². The van der Waals surface area contributed by atoms with Crippen molar-refractivity contribution < 1.29 is 0 Å². The van der Waals surface area contributed by atoms with E-state index in [-0.39, 0.29) is 0 Å². The maximum atomic E-state index is 5.11. The summed E-state index contributed by atoms with van der Waals surface area (Å²) in [7, 11) is 0. The number of imidazole rings is 1. The van der Waals surface area contributed by atoms with Gasteiger partial charge in [-0.15, -0.1) is 0 Å². The van der Waals surface area contributed by atoms with Gasteiger partial charge in [-0.1, -0.05) is 170 Å². The standard InChI is InChI=1S/C49H32N2/c1-2-13-38(14-3-1)49-48(50-45-20-10-11-31-51(45)49)37-28-26-36(27-29-37)47-43-18-8-6-16-41(43)46(42-17-7-9-19-44(42)47)35-24-21-34(22-25-35)40-30-23-33-12-4-5-15-39(33)32-40/h1-32H. The van der Waals surface area contributed by atoms with Crippen molar-refractivity contribution in [1.29, 1.82) is 0 Å². The quantitative estimate of drug-likeness (QED) is 0.170. The van der Waals surface area contributed by atoms with Crippen LogP contribution in [0.5, 0.6) is 0 Å². The van der Waals surface area contributed by atoms with E-state index in [4.69, 9.17) is 4.98 Å². The largest absolute Gasteiger partial charge is 0.299 e. The first-order valence-corrected chi connectivity index (χ1v) is 17.5. The summed E-state index contributed by atoms with van der Waals surface area (Å²) in [5, 5.41) is 7.51. The molecule has 8 aromatic carbocycles. The van der Waals surface area contributed by atoms with Crippen LogP contribution in [0.3, 0.4) is 0 Å². The topological polar surface area (TPSA) is 17.3 Å². The number of pyridine rings is 1. The molecule has 0 unspecified atom stereocenters. The van der Waals surface area contributed by atoms with Crippen LogP contribution in [-0.4, -0.2) is 9.38 Å². The van der Waals surface area contributed by atoms with Crippen molar-refractivity contribution in [3.8, 4) is 55.9 Å². The van der Waals surface area contributed by atoms with E-state index in [9.17, 15) is 0 Å². The molecule has 0 saturated carbocycles. The summed E-state index contributed by atoms with van der Waals surface area (Å²) in [5.74, 6) is 0. The highest BCUT2D eigenvalue weighted by Gasteiger charge is 2.19. The lowest BCUT2D eigenvalue weighted by Gasteiger charge is -2.18. The molecule has 0 atom stereocenters. The molecule has 0 N–H and O–H groups in total. The molecule has 0 spiro atoms. The Kier molecular flexibility index (Phi) is 6.85. The van der Waals surface area contributed by atoms with Crippen LogP contribution >= 0.6 is 0 Å². The molecule has 2 heteroatoms. The predicted octanol–water partition coefficient (Wildman–Crippen LogP) is 13.1. The van der Waals surface area contributed by atoms with Gasteiger partial charge in [-0.3, -0.25) is 4.40 Å². The average molecular weight is 649 g/mol. The molecule has 0 aliphatic rings. The maximum absolute atomic E-state index is 5.11. The Balaban J connectivity index is 1.10. The van der Waals surface area contributed by atoms with Crippen molar-refractivity contribution in [2.24, 2.45) is 0 Å². The first-order chi connectivity index (χ1) is 25.3. The van der Waals surface area contributed by atoms with Gasteiger partial charge in [-0.2, -0.15) is 0 Å². The lowest BCUT2D eigenvalue weighted by atomic mass is 9.85. The monoisotopic (exact) mass is 648 g/mol. The van der Waals surface area contributed by atoms with Crippen molar-refractivity contribution in [2.75, 3.05) is 0 Å². The maximum Gasteiger partial charge on any atom is 0.137 e. The van der Waals surface area contributed by atoms with Crippen molar-refractivity contribution in [1.82, 2.24) is 9.38 Å². The van der Waals surface area contributed by atoms with Crippen molar-refractivity contribution in [2.45, 2.75) is 0 Å². The van der Waals surface area contributed by atoms with Gasteiger partial charge >= 0.3 is 0 Å². The van der Waals surface area contributed by atoms with E-state index in [2.05, 4.69) is 193 Å². The van der Waals surface area contributed by atoms with Crippen molar-refractivity contribution >= 4 is 38.0 Å². The molecule has 238 valence electrons. The summed E-state index contributed by atoms with van der Waals surface area (Å²) in [4.78, 5) is 5.11. The molecule has 0 aliphatic heterocycles. The summed E-state index contributed by atoms with van der Waals surface area (Å²) >= 11 is 0. The minimum atomic E-state index is 0.938. The molecular weight excluding hydrogens is 617 g/mol. The Bertz CT molecular complexity index is 2820. The van der Waals surface area contributed by atoms with Gasteiger partial charge in [-0.05, 0) is 83.9 Å². The predicted molar refractivity (Wildman–Crippen MR) is 215 cm³/mol. The van der Waals surface area contributed by atoms with E-state index in [1.54, 1.807) is 0 Å². The number of nitrogens with zero attached hydrogens (tertiary/aromatic N) is 2. The molecule has 0 amide bonds. The zero-order valence-corrected chi connectivity index (χ0v) is 27.9. The van der Waals surface area contributed by atoms with E-state index in [1.807, 2.05) is 6.07 Å². The number of hydrogen-bond acceptors (Lipinski definition) is 1. The van der Waals surface area contributed by atoms with Gasteiger partial charge in [0.1, 0.15) is 5.65 Å². The highest BCUT2D eigenvalue weighted by Crippen LogP contribution is 2.44. The van der Waals surface area contributed by atoms with E-state index in [0.29, 0.717) is 0 Å². The Labute approximate surface area is 296 Å². The second-order valence-corrected chi connectivity index (χ2v) is 13.2. The van der Waals surface area contributed by atoms with Gasteiger partial charge in [-0.25, -0.2) is 4.98 Å². The second-order valence-electron chi connectivity index (χ2n) is 13.2. The summed E-state index contributed by atoms with van der Waals surface area (Å²) in [6, 6.07) is 67.8. The first-order valence-electron chi connectivity index (χ1n) is 17.5. The van der Waals surface area contributed by atoms with Gasteiger partial charge in [0.05, 0.1) is 11.4 Å². The smallest absolute Gasteiger partial charge is 0.137 e. The third kappa shape index (κ3) is 4.92. The molecule has 51 heavy (non-hydrogen) atoms. The van der Waals surface area contributed by atoms with Gasteiger partial charge < -0.3 is 0 Å². The minimum absolute atomic E-state index is 0.938. The highest BCUT2D eigenvalue weighted by atomic mass is 15.0. The molecule has 10 aromatic rings. The fourth-order valence-corrected chi connectivity index (χ4v) is 7.81. The molecule has 0 saturated heterocycles. The van der Waals surface area contributed by atoms with Crippen molar-refractivity contribution in [3.63, 3.8) is 0 Å². The van der Waals surface area contributed by atoms with Crippen LogP contribution in [0.2, 0.25) is 0 Å². The molecule has 0 fully saturated rings. The normalized spacial score (nSPS) is 11.5. The fraction of sp³-hybridized carbons (Fsp3) is 0. The molecule has 0 radical (unpaired) electrons. The Morgan fingerprint density at radius 1 is 0.333 bits per heavy atom. The second kappa shape index (κ2) is 12.0. The molecule has 0 bridgehead atoms. The van der Waals surface area contributed by atoms with Crippen molar-refractivity contribution in [3.05, 3.63) is 194 Å². The van der Waals surface area contributed by atoms with E-state index >= 15 is 0 Å². The summed E-state index contributed by atoms with van der Waals surface area (Å²) in [6.45, 7) is 0. The average Bonchev–Trinajstić information content (AvgIpc) is 3.60. The van der Waals surface area contributed by atoms with Gasteiger partial charge in [0, 0.05) is 17.3 Å². The van der Waals surface area contributed by atoms with Crippen LogP contribution in [0, 0.1) is 0 Å². The number of fused-ring (bicyclic) bond motifs is 4. The lowest BCUT2D eigenvalue weighted by molar-refractivity contribution is 1.19. The summed E-state index contributed by atoms with van der Waals surface area (Å²) < 4.78 is 2.19. The van der Waals surface area contributed by atoms with Crippen LogP contribution in [0.4, 0.5) is 0 Å². The van der Waals surface area contributed by atoms with Crippen LogP contribution in [0.1, 0.15) is 0 Å². The van der Waals surface area contributed by atoms with E-state index in [1.165, 1.54) is 65.7 Å². The molecule has 2 aromatic heterocycles. The number of hydrogen-bond donors (Lipinski definition) is 0. The third-order valence-electron chi connectivity index (χ3n) is 10.2. The zero-order chi connectivity index (χ0) is 33.7. The van der Waals surface area contributed by atoms with Gasteiger partial charge in [0.25, 0.3) is 0 Å². The summed E-state index contributed by atoms with van der Waals surface area (Å²) in [5.41, 5.74) is 12.6. The van der Waals surface area contributed by atoms with Crippen LogP contribution in [0.25, 0.3) is 93.9 Å². The Morgan fingerprint density at radius 2 is 0.824 bits per heavy atom. The molecule has 0 aliphatic carbocycles. The number of rotatable bonds is 5. The Morgan fingerprint density at radius 3 is 1.45 bits per heavy atom. The van der Waals surface area contributed by atoms with Crippen LogP contribution in [0.15, 0.2) is 194 Å². The van der Waals surface area contributed by atoms with Gasteiger partial charge in [0.2, 0.25) is 0 Å². The first kappa shape index (κ1) is 29.2. The third-order valence-corrected chi connectivity index (χ3v) is 10.2. The summed E-state index contributed by atoms with van der Waals surface area (Å²) in [6.07, 6.45) is 2.10.